The van der Waals surface area contributed by atoms with Crippen LogP contribution >= 0.6 is 0 Å². The average Bonchev–Trinajstić information content (AvgIpc) is 2.61. The molecule has 9 nitrogen and oxygen atoms in total. The van der Waals surface area contributed by atoms with Crippen molar-refractivity contribution in [3.63, 3.8) is 0 Å². The van der Waals surface area contributed by atoms with Gasteiger partial charge in [-0.2, -0.15) is 12.8 Å². The van der Waals surface area contributed by atoms with Gasteiger partial charge in [0.15, 0.2) is 0 Å². The molecule has 1 aromatic carbocycles. The second-order valence-electron chi connectivity index (χ2n) is 5.85. The summed E-state index contributed by atoms with van der Waals surface area (Å²) in [6, 6.07) is 5.74. The van der Waals surface area contributed by atoms with Crippen molar-refractivity contribution in [3.8, 4) is 5.75 Å². The van der Waals surface area contributed by atoms with Gasteiger partial charge in [-0.25, -0.2) is 4.79 Å². The van der Waals surface area contributed by atoms with Crippen molar-refractivity contribution < 1.29 is 22.7 Å². The third kappa shape index (κ3) is 5.27. The highest BCUT2D eigenvalue weighted by atomic mass is 32.2. The summed E-state index contributed by atoms with van der Waals surface area (Å²) >= 11 is 0. The molecule has 142 valence electrons. The fraction of sp³-hybridized carbons (Fsp3) is 0.500. The number of ether oxygens (including phenoxy) is 1. The topological polar surface area (TPSA) is 117 Å². The van der Waals surface area contributed by atoms with E-state index < -0.39 is 28.5 Å². The van der Waals surface area contributed by atoms with E-state index in [-0.39, 0.29) is 12.6 Å². The lowest BCUT2D eigenvalue weighted by molar-refractivity contribution is -0.122. The van der Waals surface area contributed by atoms with E-state index in [0.717, 1.165) is 5.56 Å². The summed E-state index contributed by atoms with van der Waals surface area (Å²) in [5.74, 6) is 0.209. The highest BCUT2D eigenvalue weighted by molar-refractivity contribution is 7.61. The van der Waals surface area contributed by atoms with Crippen LogP contribution in [0.3, 0.4) is 0 Å². The Morgan fingerprint density at radius 1 is 1.31 bits per heavy atom. The fourth-order valence-corrected chi connectivity index (χ4v) is 3.53. The molecular weight excluding hydrogens is 360 g/mol. The van der Waals surface area contributed by atoms with Gasteiger partial charge in [0.05, 0.1) is 25.7 Å². The van der Waals surface area contributed by atoms with Crippen LogP contribution in [0.15, 0.2) is 28.6 Å². The molecule has 1 saturated heterocycles. The molecule has 10 heteroatoms. The number of hydrogen-bond donors (Lipinski definition) is 2. The number of methoxy groups -OCH3 is 1. The monoisotopic (exact) mass is 382 g/mol. The number of carbonyl (C=O) groups excluding carboxylic acids is 2. The van der Waals surface area contributed by atoms with Crippen molar-refractivity contribution in [1.82, 2.24) is 15.5 Å². The molecule has 1 fully saturated rings. The zero-order chi connectivity index (χ0) is 19.1. The van der Waals surface area contributed by atoms with Crippen molar-refractivity contribution in [2.45, 2.75) is 24.9 Å². The fourth-order valence-electron chi connectivity index (χ4n) is 3.09. The first kappa shape index (κ1) is 19.9. The van der Waals surface area contributed by atoms with Crippen molar-refractivity contribution >= 4 is 22.4 Å². The number of likely N-dealkylation sites (tertiary alicyclic amines) is 1. The van der Waals surface area contributed by atoms with Gasteiger partial charge < -0.3 is 10.1 Å². The van der Waals surface area contributed by atoms with E-state index in [9.17, 15) is 18.0 Å². The molecule has 0 spiro atoms. The molecule has 1 aromatic rings. The van der Waals surface area contributed by atoms with E-state index in [1.54, 1.807) is 19.2 Å². The van der Waals surface area contributed by atoms with E-state index in [1.807, 2.05) is 17.0 Å². The molecule has 0 aromatic heterocycles. The number of benzene rings is 1. The minimum Gasteiger partial charge on any atom is -0.497 e. The highest BCUT2D eigenvalue weighted by Crippen LogP contribution is 2.34. The van der Waals surface area contributed by atoms with Gasteiger partial charge in [0.1, 0.15) is 5.75 Å². The lowest BCUT2D eigenvalue weighted by atomic mass is 9.91. The Morgan fingerprint density at radius 2 is 2.00 bits per heavy atom. The quantitative estimate of drug-likeness (QED) is 0.775. The van der Waals surface area contributed by atoms with Gasteiger partial charge >= 0.3 is 16.5 Å². The number of rotatable bonds is 5. The Labute approximate surface area is 153 Å². The molecule has 2 atom stereocenters. The van der Waals surface area contributed by atoms with Crippen LogP contribution in [0.1, 0.15) is 24.4 Å². The first-order chi connectivity index (χ1) is 12.4. The molecular formula is C16H22N4O5S. The highest BCUT2D eigenvalue weighted by Gasteiger charge is 2.34. The van der Waals surface area contributed by atoms with Crippen LogP contribution < -0.4 is 15.4 Å². The number of carbonyl (C=O) groups is 2. The standard InChI is InChI=1S/C16H22N4O5S/c1-17-16(22)18-14(21)10-20-9-3-4-13(19-26(23)24)15(20)11-5-7-12(25-2)8-6-11/h5-8,13,15H,3-4,9-10H2,1-2H3,(H2,17,18,21,22). The SMILES string of the molecule is CNC(=O)NC(=O)CN1CCCC(N=S(=O)=O)C1c1ccc(OC)cc1. The molecule has 1 aliphatic heterocycles. The van der Waals surface area contributed by atoms with Crippen molar-refractivity contribution in [2.75, 3.05) is 27.2 Å². The Morgan fingerprint density at radius 3 is 2.58 bits per heavy atom. The Bertz CT molecular complexity index is 770. The van der Waals surface area contributed by atoms with Crippen molar-refractivity contribution in [2.24, 2.45) is 4.36 Å². The minimum atomic E-state index is -2.54. The van der Waals surface area contributed by atoms with Crippen LogP contribution in [0, 0.1) is 0 Å². The minimum absolute atomic E-state index is 0.0401. The first-order valence-corrected chi connectivity index (χ1v) is 9.17. The maximum Gasteiger partial charge on any atom is 0.321 e. The largest absolute Gasteiger partial charge is 0.497 e. The van der Waals surface area contributed by atoms with Crippen LogP contribution in [0.25, 0.3) is 0 Å². The van der Waals surface area contributed by atoms with Crippen LogP contribution in [-0.4, -0.2) is 58.5 Å². The van der Waals surface area contributed by atoms with E-state index in [0.29, 0.717) is 25.1 Å². The summed E-state index contributed by atoms with van der Waals surface area (Å²) in [4.78, 5) is 25.3. The molecule has 2 unspecified atom stereocenters. The number of nitrogens with one attached hydrogen (secondary N) is 2. The van der Waals surface area contributed by atoms with Crippen molar-refractivity contribution in [3.05, 3.63) is 29.8 Å². The smallest absolute Gasteiger partial charge is 0.321 e. The van der Waals surface area contributed by atoms with E-state index in [1.165, 1.54) is 7.05 Å². The van der Waals surface area contributed by atoms with Gasteiger partial charge in [-0.3, -0.25) is 15.0 Å². The van der Waals surface area contributed by atoms with Gasteiger partial charge in [0.25, 0.3) is 0 Å². The second-order valence-corrected chi connectivity index (χ2v) is 6.49. The van der Waals surface area contributed by atoms with Crippen LogP contribution in [0.4, 0.5) is 4.79 Å². The number of imide groups is 1. The number of amides is 3. The number of nitrogens with zero attached hydrogens (tertiary/aromatic N) is 2. The zero-order valence-corrected chi connectivity index (χ0v) is 15.5. The zero-order valence-electron chi connectivity index (χ0n) is 14.6. The van der Waals surface area contributed by atoms with Gasteiger partial charge in [-0.15, -0.1) is 0 Å². The summed E-state index contributed by atoms with van der Waals surface area (Å²) in [7, 11) is 0.435. The second kappa shape index (κ2) is 9.30. The molecule has 3 amide bonds. The van der Waals surface area contributed by atoms with Crippen molar-refractivity contribution in [1.29, 1.82) is 0 Å². The van der Waals surface area contributed by atoms with Gasteiger partial charge in [0, 0.05) is 7.05 Å². The number of piperidine rings is 1. The first-order valence-electron chi connectivity index (χ1n) is 8.14. The summed E-state index contributed by atoms with van der Waals surface area (Å²) in [6.07, 6.45) is 1.30. The maximum atomic E-state index is 12.1. The number of hydrogen-bond acceptors (Lipinski definition) is 7. The summed E-state index contributed by atoms with van der Waals surface area (Å²) in [5.41, 5.74) is 0.831. The van der Waals surface area contributed by atoms with E-state index in [2.05, 4.69) is 15.0 Å². The Kier molecular flexibility index (Phi) is 7.10. The normalized spacial score (nSPS) is 20.1. The molecule has 1 heterocycles. The Balaban J connectivity index is 2.29. The van der Waals surface area contributed by atoms with Crippen LogP contribution in [-0.2, 0) is 15.3 Å². The lowest BCUT2D eigenvalue weighted by Crippen LogP contribution is -2.48. The molecule has 2 rings (SSSR count). The van der Waals surface area contributed by atoms with E-state index >= 15 is 0 Å². The molecule has 0 radical (unpaired) electrons. The summed E-state index contributed by atoms with van der Waals surface area (Å²) in [6.45, 7) is 0.553. The summed E-state index contributed by atoms with van der Waals surface area (Å²) in [5, 5.41) is 4.54. The molecule has 1 aliphatic rings. The predicted octanol–water partition coefficient (Wildman–Crippen LogP) is 0.719. The molecule has 0 aliphatic carbocycles. The van der Waals surface area contributed by atoms with Gasteiger partial charge in [0.2, 0.25) is 5.91 Å². The third-order valence-electron chi connectivity index (χ3n) is 4.21. The van der Waals surface area contributed by atoms with Crippen LogP contribution in [0.5, 0.6) is 5.75 Å². The van der Waals surface area contributed by atoms with Gasteiger partial charge in [-0.05, 0) is 37.1 Å². The average molecular weight is 382 g/mol. The Hall–Kier alpha value is -2.46. The van der Waals surface area contributed by atoms with Crippen LogP contribution in [0.2, 0.25) is 0 Å². The molecule has 0 bridgehead atoms. The number of urea groups is 1. The third-order valence-corrected chi connectivity index (χ3v) is 4.65. The predicted molar refractivity (Wildman–Crippen MR) is 94.3 cm³/mol. The van der Waals surface area contributed by atoms with Gasteiger partial charge in [-0.1, -0.05) is 12.1 Å². The molecule has 26 heavy (non-hydrogen) atoms. The maximum absolute atomic E-state index is 12.1. The molecule has 0 saturated carbocycles. The summed E-state index contributed by atoms with van der Waals surface area (Å²) < 4.78 is 31.2. The molecule has 2 N–H and O–H groups in total. The van der Waals surface area contributed by atoms with E-state index in [4.69, 9.17) is 4.74 Å². The lowest BCUT2D eigenvalue weighted by Gasteiger charge is -2.38.